The van der Waals surface area contributed by atoms with E-state index in [2.05, 4.69) is 20.1 Å². The lowest BCUT2D eigenvalue weighted by molar-refractivity contribution is 0.820. The van der Waals surface area contributed by atoms with Crippen LogP contribution in [0.2, 0.25) is 0 Å². The Morgan fingerprint density at radius 2 is 2.12 bits per heavy atom. The van der Waals surface area contributed by atoms with Crippen molar-refractivity contribution in [2.75, 3.05) is 6.26 Å². The average Bonchev–Trinajstić information content (AvgIpc) is 2.82. The molecule has 0 N–H and O–H groups in total. The lowest BCUT2D eigenvalue weighted by Gasteiger charge is -2.02. The highest BCUT2D eigenvalue weighted by molar-refractivity contribution is 7.98. The standard InChI is InChI=1S/C11H9N5S/c1-17-11-13-6-4-9(15-11)16-10-8(7-14-16)3-2-5-12-10/h2-7H,1H3. The SMILES string of the molecule is CSc1nccc(-n2ncc3cccnc32)n1. The van der Waals surface area contributed by atoms with Gasteiger partial charge in [-0.05, 0) is 18.4 Å². The lowest BCUT2D eigenvalue weighted by atomic mass is 10.4. The Morgan fingerprint density at radius 1 is 1.18 bits per heavy atom. The van der Waals surface area contributed by atoms with Gasteiger partial charge in [-0.3, -0.25) is 0 Å². The first kappa shape index (κ1) is 10.2. The van der Waals surface area contributed by atoms with Gasteiger partial charge in [0.05, 0.1) is 6.20 Å². The molecule has 0 aliphatic carbocycles. The molecule has 0 atom stereocenters. The second-order valence-electron chi connectivity index (χ2n) is 3.37. The Bertz CT molecular complexity index is 664. The van der Waals surface area contributed by atoms with Gasteiger partial charge >= 0.3 is 0 Å². The number of hydrogen-bond donors (Lipinski definition) is 0. The molecule has 0 radical (unpaired) electrons. The van der Waals surface area contributed by atoms with Gasteiger partial charge in [-0.2, -0.15) is 9.78 Å². The van der Waals surface area contributed by atoms with Crippen LogP contribution in [-0.4, -0.2) is 31.0 Å². The highest BCUT2D eigenvalue weighted by Crippen LogP contribution is 2.15. The molecular formula is C11H9N5S. The summed E-state index contributed by atoms with van der Waals surface area (Å²) >= 11 is 1.50. The molecule has 0 amide bonds. The van der Waals surface area contributed by atoms with E-state index in [1.54, 1.807) is 23.3 Å². The lowest BCUT2D eigenvalue weighted by Crippen LogP contribution is -2.01. The summed E-state index contributed by atoms with van der Waals surface area (Å²) in [5.41, 5.74) is 0.804. The fraction of sp³-hybridized carbons (Fsp3) is 0.0909. The van der Waals surface area contributed by atoms with E-state index in [9.17, 15) is 0 Å². The Hall–Kier alpha value is -1.95. The van der Waals surface area contributed by atoms with Gasteiger partial charge in [-0.15, -0.1) is 0 Å². The van der Waals surface area contributed by atoms with E-state index < -0.39 is 0 Å². The number of thioether (sulfide) groups is 1. The van der Waals surface area contributed by atoms with Crippen LogP contribution in [0.4, 0.5) is 0 Å². The number of hydrogen-bond acceptors (Lipinski definition) is 5. The third-order valence-corrected chi connectivity index (χ3v) is 2.91. The summed E-state index contributed by atoms with van der Waals surface area (Å²) in [7, 11) is 0. The van der Waals surface area contributed by atoms with Crippen LogP contribution in [-0.2, 0) is 0 Å². The molecule has 5 nitrogen and oxygen atoms in total. The minimum Gasteiger partial charge on any atom is -0.236 e. The van der Waals surface area contributed by atoms with Gasteiger partial charge in [0.2, 0.25) is 0 Å². The molecule has 0 aliphatic heterocycles. The van der Waals surface area contributed by atoms with E-state index >= 15 is 0 Å². The van der Waals surface area contributed by atoms with Crippen LogP contribution >= 0.6 is 11.8 Å². The highest BCUT2D eigenvalue weighted by Gasteiger charge is 2.07. The van der Waals surface area contributed by atoms with Gasteiger partial charge in [0.1, 0.15) is 0 Å². The molecule has 17 heavy (non-hydrogen) atoms. The van der Waals surface area contributed by atoms with E-state index in [1.165, 1.54) is 11.8 Å². The first-order valence-electron chi connectivity index (χ1n) is 5.04. The van der Waals surface area contributed by atoms with E-state index in [0.29, 0.717) is 0 Å². The summed E-state index contributed by atoms with van der Waals surface area (Å²) in [4.78, 5) is 12.8. The molecule has 0 aromatic carbocycles. The number of aromatic nitrogens is 5. The summed E-state index contributed by atoms with van der Waals surface area (Å²) in [6.07, 6.45) is 7.20. The molecule has 6 heteroatoms. The minimum absolute atomic E-state index is 0.724. The molecule has 84 valence electrons. The maximum Gasteiger partial charge on any atom is 0.189 e. The summed E-state index contributed by atoms with van der Waals surface area (Å²) in [6.45, 7) is 0. The van der Waals surface area contributed by atoms with Gasteiger partial charge in [-0.1, -0.05) is 11.8 Å². The van der Waals surface area contributed by atoms with Crippen molar-refractivity contribution in [1.29, 1.82) is 0 Å². The predicted octanol–water partition coefficient (Wildman–Crippen LogP) is 1.93. The smallest absolute Gasteiger partial charge is 0.189 e. The predicted molar refractivity (Wildman–Crippen MR) is 66.2 cm³/mol. The summed E-state index contributed by atoms with van der Waals surface area (Å²) in [5.74, 6) is 0.734. The number of nitrogens with zero attached hydrogens (tertiary/aromatic N) is 5. The molecular weight excluding hydrogens is 234 g/mol. The van der Waals surface area contributed by atoms with E-state index in [1.807, 2.05) is 24.5 Å². The second-order valence-corrected chi connectivity index (χ2v) is 4.15. The van der Waals surface area contributed by atoms with E-state index in [4.69, 9.17) is 0 Å². The summed E-state index contributed by atoms with van der Waals surface area (Å²) in [5, 5.41) is 6.02. The first-order valence-corrected chi connectivity index (χ1v) is 6.27. The Balaban J connectivity index is 2.20. The molecule has 0 unspecified atom stereocenters. The fourth-order valence-electron chi connectivity index (χ4n) is 1.58. The van der Waals surface area contributed by atoms with Crippen molar-refractivity contribution in [1.82, 2.24) is 24.7 Å². The zero-order chi connectivity index (χ0) is 11.7. The van der Waals surface area contributed by atoms with Crippen LogP contribution in [0.3, 0.4) is 0 Å². The largest absolute Gasteiger partial charge is 0.236 e. The molecule has 3 rings (SSSR count). The van der Waals surface area contributed by atoms with Crippen molar-refractivity contribution >= 4 is 22.8 Å². The van der Waals surface area contributed by atoms with Crippen molar-refractivity contribution in [2.24, 2.45) is 0 Å². The van der Waals surface area contributed by atoms with E-state index in [0.717, 1.165) is 22.0 Å². The van der Waals surface area contributed by atoms with Crippen molar-refractivity contribution in [3.63, 3.8) is 0 Å². The fourth-order valence-corrected chi connectivity index (χ4v) is 1.93. The highest BCUT2D eigenvalue weighted by atomic mass is 32.2. The van der Waals surface area contributed by atoms with Crippen LogP contribution < -0.4 is 0 Å². The molecule has 0 bridgehead atoms. The molecule has 0 fully saturated rings. The first-order chi connectivity index (χ1) is 8.38. The van der Waals surface area contributed by atoms with Crippen LogP contribution in [0.25, 0.3) is 16.9 Å². The van der Waals surface area contributed by atoms with Gasteiger partial charge in [0.25, 0.3) is 0 Å². The third kappa shape index (κ3) is 1.76. The zero-order valence-electron chi connectivity index (χ0n) is 9.11. The molecule has 3 heterocycles. The maximum absolute atomic E-state index is 4.40. The quantitative estimate of drug-likeness (QED) is 0.508. The normalized spacial score (nSPS) is 10.9. The maximum atomic E-state index is 4.40. The van der Waals surface area contributed by atoms with Crippen LogP contribution in [0.15, 0.2) is 41.9 Å². The molecule has 0 spiro atoms. The Kier molecular flexibility index (Phi) is 2.49. The van der Waals surface area contributed by atoms with Crippen molar-refractivity contribution in [3.8, 4) is 5.82 Å². The van der Waals surface area contributed by atoms with Crippen molar-refractivity contribution in [3.05, 3.63) is 36.8 Å². The molecule has 3 aromatic heterocycles. The second kappa shape index (κ2) is 4.14. The summed E-state index contributed by atoms with van der Waals surface area (Å²) in [6, 6.07) is 5.69. The van der Waals surface area contributed by atoms with Crippen molar-refractivity contribution < 1.29 is 0 Å². The van der Waals surface area contributed by atoms with Crippen LogP contribution in [0.1, 0.15) is 0 Å². The van der Waals surface area contributed by atoms with Gasteiger partial charge in [0, 0.05) is 23.8 Å². The molecule has 0 saturated heterocycles. The Morgan fingerprint density at radius 3 is 3.00 bits per heavy atom. The number of pyridine rings is 1. The third-order valence-electron chi connectivity index (χ3n) is 2.35. The monoisotopic (exact) mass is 243 g/mol. The number of fused-ring (bicyclic) bond motifs is 1. The Labute approximate surface area is 102 Å². The molecule has 3 aromatic rings. The van der Waals surface area contributed by atoms with E-state index in [-0.39, 0.29) is 0 Å². The topological polar surface area (TPSA) is 56.5 Å². The molecule has 0 saturated carbocycles. The van der Waals surface area contributed by atoms with Crippen molar-refractivity contribution in [2.45, 2.75) is 5.16 Å². The van der Waals surface area contributed by atoms with Crippen LogP contribution in [0.5, 0.6) is 0 Å². The average molecular weight is 243 g/mol. The minimum atomic E-state index is 0.724. The molecule has 0 aliphatic rings. The van der Waals surface area contributed by atoms with Gasteiger partial charge < -0.3 is 0 Å². The number of rotatable bonds is 2. The van der Waals surface area contributed by atoms with Crippen LogP contribution in [0, 0.1) is 0 Å². The summed E-state index contributed by atoms with van der Waals surface area (Å²) < 4.78 is 1.72. The zero-order valence-corrected chi connectivity index (χ0v) is 9.92. The van der Waals surface area contributed by atoms with Gasteiger partial charge in [0.15, 0.2) is 16.6 Å². The van der Waals surface area contributed by atoms with Gasteiger partial charge in [-0.25, -0.2) is 15.0 Å².